The zero-order valence-corrected chi connectivity index (χ0v) is 18.5. The molecule has 2 aromatic heterocycles. The van der Waals surface area contributed by atoms with Crippen molar-refractivity contribution < 1.29 is 9.21 Å². The number of aryl methyl sites for hydroxylation is 2. The number of nitrogens with one attached hydrogen (secondary N) is 2. The van der Waals surface area contributed by atoms with E-state index in [1.165, 1.54) is 12.6 Å². The van der Waals surface area contributed by atoms with Crippen molar-refractivity contribution in [2.45, 2.75) is 44.8 Å². The van der Waals surface area contributed by atoms with Crippen molar-refractivity contribution in [3.63, 3.8) is 0 Å². The molecule has 0 bridgehead atoms. The summed E-state index contributed by atoms with van der Waals surface area (Å²) in [5.41, 5.74) is 1.94. The number of nitrogens with zero attached hydrogens (tertiary/aromatic N) is 3. The SMILES string of the molecule is CCCCc1ccc(NC(=O)CSc2nnc(Cc3c(C)[nH]c(=O)n(C)c3=O)o2)cc1. The van der Waals surface area contributed by atoms with Crippen LogP contribution < -0.4 is 16.6 Å². The second-order valence-corrected chi connectivity index (χ2v) is 8.10. The Kier molecular flexibility index (Phi) is 7.45. The lowest BCUT2D eigenvalue weighted by molar-refractivity contribution is -0.113. The molecule has 0 radical (unpaired) electrons. The van der Waals surface area contributed by atoms with Crippen LogP contribution in [0, 0.1) is 6.92 Å². The predicted molar refractivity (Wildman–Crippen MR) is 119 cm³/mol. The molecule has 0 aliphatic heterocycles. The van der Waals surface area contributed by atoms with Crippen molar-refractivity contribution in [2.75, 3.05) is 11.1 Å². The third-order valence-corrected chi connectivity index (χ3v) is 5.59. The molecule has 9 nitrogen and oxygen atoms in total. The quantitative estimate of drug-likeness (QED) is 0.487. The Bertz CT molecular complexity index is 1160. The van der Waals surface area contributed by atoms with Gasteiger partial charge < -0.3 is 14.7 Å². The Hall–Kier alpha value is -3.14. The number of thioether (sulfide) groups is 1. The second kappa shape index (κ2) is 10.3. The topological polar surface area (TPSA) is 123 Å². The maximum atomic E-state index is 12.3. The van der Waals surface area contributed by atoms with E-state index < -0.39 is 11.2 Å². The first-order valence-corrected chi connectivity index (χ1v) is 11.0. The summed E-state index contributed by atoms with van der Waals surface area (Å²) in [7, 11) is 1.40. The van der Waals surface area contributed by atoms with Crippen LogP contribution >= 0.6 is 11.8 Å². The van der Waals surface area contributed by atoms with Crippen LogP contribution in [0.25, 0.3) is 0 Å². The molecule has 0 atom stereocenters. The number of H-pyrrole nitrogens is 1. The molecule has 1 aromatic carbocycles. The first-order valence-electron chi connectivity index (χ1n) is 10.00. The van der Waals surface area contributed by atoms with E-state index in [1.807, 2.05) is 24.3 Å². The van der Waals surface area contributed by atoms with Crippen LogP contribution in [0.5, 0.6) is 0 Å². The van der Waals surface area contributed by atoms with E-state index in [2.05, 4.69) is 27.4 Å². The van der Waals surface area contributed by atoms with Crippen molar-refractivity contribution >= 4 is 23.4 Å². The van der Waals surface area contributed by atoms with E-state index >= 15 is 0 Å². The fourth-order valence-electron chi connectivity index (χ4n) is 2.96. The Morgan fingerprint density at radius 1 is 1.23 bits per heavy atom. The van der Waals surface area contributed by atoms with Crippen molar-refractivity contribution in [1.82, 2.24) is 19.7 Å². The second-order valence-electron chi connectivity index (χ2n) is 7.17. The van der Waals surface area contributed by atoms with E-state index in [-0.39, 0.29) is 29.2 Å². The molecule has 0 saturated heterocycles. The maximum Gasteiger partial charge on any atom is 0.328 e. The van der Waals surface area contributed by atoms with Gasteiger partial charge in [0.1, 0.15) is 0 Å². The summed E-state index contributed by atoms with van der Waals surface area (Å²) in [6.45, 7) is 3.80. The molecule has 3 rings (SSSR count). The Morgan fingerprint density at radius 3 is 2.68 bits per heavy atom. The van der Waals surface area contributed by atoms with Crippen LogP contribution in [0.2, 0.25) is 0 Å². The Morgan fingerprint density at radius 2 is 1.97 bits per heavy atom. The predicted octanol–water partition coefficient (Wildman–Crippen LogP) is 2.43. The summed E-state index contributed by atoms with van der Waals surface area (Å²) in [6.07, 6.45) is 3.42. The van der Waals surface area contributed by atoms with Crippen LogP contribution in [-0.2, 0) is 24.7 Å². The molecule has 0 saturated carbocycles. The molecule has 0 fully saturated rings. The molecule has 31 heavy (non-hydrogen) atoms. The monoisotopic (exact) mass is 443 g/mol. The molecule has 0 aliphatic carbocycles. The number of unbranched alkanes of at least 4 members (excludes halogenated alkanes) is 1. The summed E-state index contributed by atoms with van der Waals surface area (Å²) in [5, 5.41) is 10.9. The van der Waals surface area contributed by atoms with E-state index in [0.29, 0.717) is 11.3 Å². The van der Waals surface area contributed by atoms with Gasteiger partial charge in [0, 0.05) is 24.0 Å². The summed E-state index contributed by atoms with van der Waals surface area (Å²) in [5.74, 6) is 0.160. The van der Waals surface area contributed by atoms with Gasteiger partial charge in [-0.3, -0.25) is 14.2 Å². The number of rotatable bonds is 9. The number of benzene rings is 1. The molecule has 0 spiro atoms. The molecule has 0 unspecified atom stereocenters. The molecule has 0 aliphatic rings. The number of aromatic amines is 1. The molecule has 2 N–H and O–H groups in total. The summed E-state index contributed by atoms with van der Waals surface area (Å²) < 4.78 is 6.54. The number of anilines is 1. The average molecular weight is 444 g/mol. The van der Waals surface area contributed by atoms with Crippen molar-refractivity contribution in [1.29, 1.82) is 0 Å². The highest BCUT2D eigenvalue weighted by molar-refractivity contribution is 7.99. The van der Waals surface area contributed by atoms with E-state index in [9.17, 15) is 14.4 Å². The van der Waals surface area contributed by atoms with Gasteiger partial charge in [-0.2, -0.15) is 0 Å². The number of hydrogen-bond donors (Lipinski definition) is 2. The fourth-order valence-corrected chi connectivity index (χ4v) is 3.54. The van der Waals surface area contributed by atoms with Crippen LogP contribution in [0.1, 0.15) is 42.5 Å². The lowest BCUT2D eigenvalue weighted by Gasteiger charge is -2.06. The average Bonchev–Trinajstić information content (AvgIpc) is 3.21. The summed E-state index contributed by atoms with van der Waals surface area (Å²) >= 11 is 1.11. The molecular formula is C21H25N5O4S. The Labute approximate surface area is 183 Å². The molecule has 1 amide bonds. The number of carbonyl (C=O) groups excluding carboxylic acids is 1. The highest BCUT2D eigenvalue weighted by atomic mass is 32.2. The van der Waals surface area contributed by atoms with Gasteiger partial charge in [-0.15, -0.1) is 10.2 Å². The highest BCUT2D eigenvalue weighted by Crippen LogP contribution is 2.18. The number of amides is 1. The standard InChI is InChI=1S/C21H25N5O4S/c1-4-5-6-14-7-9-15(10-8-14)23-17(27)12-31-21-25-24-18(30-21)11-16-13(2)22-20(29)26(3)19(16)28/h7-10H,4-6,11-12H2,1-3H3,(H,22,29)(H,23,27). The minimum atomic E-state index is -0.477. The number of hydrogen-bond acceptors (Lipinski definition) is 7. The van der Waals surface area contributed by atoms with Crippen LogP contribution in [0.3, 0.4) is 0 Å². The maximum absolute atomic E-state index is 12.3. The highest BCUT2D eigenvalue weighted by Gasteiger charge is 2.15. The molecule has 3 aromatic rings. The van der Waals surface area contributed by atoms with Crippen molar-refractivity contribution in [2.24, 2.45) is 7.05 Å². The zero-order valence-electron chi connectivity index (χ0n) is 17.7. The van der Waals surface area contributed by atoms with E-state index in [1.54, 1.807) is 6.92 Å². The lowest BCUT2D eigenvalue weighted by Crippen LogP contribution is -2.36. The van der Waals surface area contributed by atoms with Gasteiger partial charge in [0.05, 0.1) is 12.2 Å². The Balaban J connectivity index is 1.55. The first-order chi connectivity index (χ1) is 14.9. The van der Waals surface area contributed by atoms with Crippen molar-refractivity contribution in [3.05, 3.63) is 67.8 Å². The van der Waals surface area contributed by atoms with Gasteiger partial charge in [-0.05, 0) is 37.5 Å². The zero-order chi connectivity index (χ0) is 22.4. The largest absolute Gasteiger partial charge is 0.416 e. The number of carbonyl (C=O) groups is 1. The van der Waals surface area contributed by atoms with Gasteiger partial charge in [0.15, 0.2) is 0 Å². The molecule has 10 heteroatoms. The van der Waals surface area contributed by atoms with Crippen molar-refractivity contribution in [3.8, 4) is 0 Å². The van der Waals surface area contributed by atoms with Gasteiger partial charge in [-0.25, -0.2) is 4.79 Å². The number of aromatic nitrogens is 4. The first kappa shape index (κ1) is 22.5. The van der Waals surface area contributed by atoms with Gasteiger partial charge >= 0.3 is 5.69 Å². The minimum Gasteiger partial charge on any atom is -0.416 e. The van der Waals surface area contributed by atoms with Gasteiger partial charge in [-0.1, -0.05) is 37.2 Å². The molecule has 2 heterocycles. The molecule has 164 valence electrons. The summed E-state index contributed by atoms with van der Waals surface area (Å²) in [4.78, 5) is 38.7. The van der Waals surface area contributed by atoms with E-state index in [4.69, 9.17) is 4.42 Å². The molecular weight excluding hydrogens is 418 g/mol. The van der Waals surface area contributed by atoms with Crippen LogP contribution in [-0.4, -0.2) is 31.4 Å². The fraction of sp³-hybridized carbons (Fsp3) is 0.381. The third-order valence-electron chi connectivity index (χ3n) is 4.77. The van der Waals surface area contributed by atoms with E-state index in [0.717, 1.165) is 41.3 Å². The third kappa shape index (κ3) is 5.94. The summed E-state index contributed by atoms with van der Waals surface area (Å²) in [6, 6.07) is 7.83. The minimum absolute atomic E-state index is 0.0966. The van der Waals surface area contributed by atoms with Crippen LogP contribution in [0.15, 0.2) is 43.5 Å². The van der Waals surface area contributed by atoms with Gasteiger partial charge in [0.2, 0.25) is 11.8 Å². The normalized spacial score (nSPS) is 10.9. The van der Waals surface area contributed by atoms with Crippen LogP contribution in [0.4, 0.5) is 5.69 Å². The smallest absolute Gasteiger partial charge is 0.328 e. The lowest BCUT2D eigenvalue weighted by atomic mass is 10.1. The van der Waals surface area contributed by atoms with Gasteiger partial charge in [0.25, 0.3) is 10.8 Å².